The van der Waals surface area contributed by atoms with Gasteiger partial charge in [0.05, 0.1) is 0 Å². The quantitative estimate of drug-likeness (QED) is 0.0264. The molecular formula is C51H92O6. The third kappa shape index (κ3) is 44.6. The van der Waals surface area contributed by atoms with Crippen molar-refractivity contribution < 1.29 is 28.6 Å². The van der Waals surface area contributed by atoms with Crippen LogP contribution in [0.25, 0.3) is 0 Å². The molecule has 0 aliphatic carbocycles. The number of carbonyl (C=O) groups excluding carboxylic acids is 3. The minimum atomic E-state index is -0.774. The number of carbonyl (C=O) groups is 3. The molecule has 0 aromatic carbocycles. The first-order valence-electron chi connectivity index (χ1n) is 24.5. The first kappa shape index (κ1) is 54.6. The highest BCUT2D eigenvalue weighted by atomic mass is 16.6. The second-order valence-corrected chi connectivity index (χ2v) is 16.4. The third-order valence-corrected chi connectivity index (χ3v) is 10.6. The van der Waals surface area contributed by atoms with Crippen LogP contribution in [0, 0.1) is 0 Å². The van der Waals surface area contributed by atoms with E-state index < -0.39 is 6.10 Å². The van der Waals surface area contributed by atoms with Crippen molar-refractivity contribution in [2.75, 3.05) is 13.2 Å². The van der Waals surface area contributed by atoms with Crippen LogP contribution in [-0.4, -0.2) is 37.2 Å². The van der Waals surface area contributed by atoms with E-state index in [-0.39, 0.29) is 31.1 Å². The largest absolute Gasteiger partial charge is 0.462 e. The van der Waals surface area contributed by atoms with Crippen LogP contribution in [0.3, 0.4) is 0 Å². The molecular weight excluding hydrogens is 709 g/mol. The molecule has 0 heterocycles. The Morgan fingerprint density at radius 2 is 0.632 bits per heavy atom. The Balaban J connectivity index is 4.34. The number of ether oxygens (including phenoxy) is 3. The molecule has 0 bridgehead atoms. The van der Waals surface area contributed by atoms with Crippen LogP contribution < -0.4 is 0 Å². The van der Waals surface area contributed by atoms with Crippen molar-refractivity contribution in [2.24, 2.45) is 0 Å². The van der Waals surface area contributed by atoms with Crippen molar-refractivity contribution in [2.45, 2.75) is 258 Å². The first-order chi connectivity index (χ1) is 28.0. The van der Waals surface area contributed by atoms with Gasteiger partial charge in [-0.25, -0.2) is 0 Å². The fourth-order valence-electron chi connectivity index (χ4n) is 6.88. The molecule has 332 valence electrons. The molecule has 0 fully saturated rings. The van der Waals surface area contributed by atoms with Gasteiger partial charge >= 0.3 is 17.9 Å². The average Bonchev–Trinajstić information content (AvgIpc) is 3.21. The lowest BCUT2D eigenvalue weighted by Crippen LogP contribution is -2.30. The molecule has 0 aliphatic rings. The SMILES string of the molecule is CCCCC/C=C\C/C=C\CCCCCCCCCC(=O)OC[C@@H](COC(=O)CCCCCCCCCCCC)OC(=O)CCCCCCC/C=C\CCCCC. The van der Waals surface area contributed by atoms with E-state index in [4.69, 9.17) is 14.2 Å². The molecule has 0 spiro atoms. The lowest BCUT2D eigenvalue weighted by atomic mass is 10.1. The van der Waals surface area contributed by atoms with E-state index in [1.807, 2.05) is 0 Å². The summed E-state index contributed by atoms with van der Waals surface area (Å²) in [6, 6.07) is 0. The van der Waals surface area contributed by atoms with Gasteiger partial charge in [0.15, 0.2) is 6.10 Å². The number of unbranched alkanes of at least 4 members (excludes halogenated alkanes) is 27. The van der Waals surface area contributed by atoms with Crippen molar-refractivity contribution >= 4 is 17.9 Å². The van der Waals surface area contributed by atoms with Gasteiger partial charge in [0.25, 0.3) is 0 Å². The fraction of sp³-hybridized carbons (Fsp3) is 0.824. The topological polar surface area (TPSA) is 78.9 Å². The Morgan fingerprint density at radius 1 is 0.351 bits per heavy atom. The van der Waals surface area contributed by atoms with Gasteiger partial charge in [0.1, 0.15) is 13.2 Å². The average molecular weight is 801 g/mol. The summed E-state index contributed by atoms with van der Waals surface area (Å²) in [7, 11) is 0. The summed E-state index contributed by atoms with van der Waals surface area (Å²) >= 11 is 0. The van der Waals surface area contributed by atoms with E-state index in [1.165, 1.54) is 128 Å². The maximum absolute atomic E-state index is 12.7. The van der Waals surface area contributed by atoms with E-state index in [2.05, 4.69) is 57.2 Å². The van der Waals surface area contributed by atoms with E-state index in [0.717, 1.165) is 83.5 Å². The van der Waals surface area contributed by atoms with Crippen molar-refractivity contribution in [3.63, 3.8) is 0 Å². The van der Waals surface area contributed by atoms with Gasteiger partial charge < -0.3 is 14.2 Å². The molecule has 0 radical (unpaired) electrons. The highest BCUT2D eigenvalue weighted by Crippen LogP contribution is 2.14. The molecule has 6 nitrogen and oxygen atoms in total. The van der Waals surface area contributed by atoms with Crippen molar-refractivity contribution in [1.82, 2.24) is 0 Å². The zero-order valence-electron chi connectivity index (χ0n) is 37.9. The van der Waals surface area contributed by atoms with Gasteiger partial charge in [0, 0.05) is 19.3 Å². The number of allylic oxidation sites excluding steroid dienone is 6. The summed E-state index contributed by atoms with van der Waals surface area (Å²) in [6.45, 7) is 6.57. The smallest absolute Gasteiger partial charge is 0.306 e. The molecule has 57 heavy (non-hydrogen) atoms. The Hall–Kier alpha value is -2.37. The highest BCUT2D eigenvalue weighted by molar-refractivity contribution is 5.71. The van der Waals surface area contributed by atoms with Crippen LogP contribution in [0.2, 0.25) is 0 Å². The van der Waals surface area contributed by atoms with Crippen molar-refractivity contribution in [3.8, 4) is 0 Å². The minimum Gasteiger partial charge on any atom is -0.462 e. The maximum atomic E-state index is 12.7. The standard InChI is InChI=1S/C51H92O6/c1-4-7-10-13-16-19-22-24-25-26-27-28-30-32-35-38-41-44-50(53)56-47-48(46-55-49(52)43-40-37-34-31-21-18-15-12-9-6-3)57-51(54)45-42-39-36-33-29-23-20-17-14-11-8-5-2/h16-17,19-20,24-25,48H,4-15,18,21-23,26-47H2,1-3H3/b19-16-,20-17-,25-24-/t48-/m1/s1. The van der Waals surface area contributed by atoms with E-state index in [9.17, 15) is 14.4 Å². The summed E-state index contributed by atoms with van der Waals surface area (Å²) in [5.74, 6) is -0.889. The number of esters is 3. The van der Waals surface area contributed by atoms with Crippen LogP contribution in [0.15, 0.2) is 36.5 Å². The lowest BCUT2D eigenvalue weighted by molar-refractivity contribution is -0.167. The second kappa shape index (κ2) is 46.3. The Kier molecular flexibility index (Phi) is 44.4. The third-order valence-electron chi connectivity index (χ3n) is 10.6. The van der Waals surface area contributed by atoms with E-state index in [0.29, 0.717) is 19.3 Å². The van der Waals surface area contributed by atoms with Gasteiger partial charge in [-0.15, -0.1) is 0 Å². The summed E-state index contributed by atoms with van der Waals surface area (Å²) in [4.78, 5) is 37.8. The van der Waals surface area contributed by atoms with Gasteiger partial charge in [0.2, 0.25) is 0 Å². The molecule has 0 unspecified atom stereocenters. The van der Waals surface area contributed by atoms with Crippen LogP contribution in [-0.2, 0) is 28.6 Å². The second-order valence-electron chi connectivity index (χ2n) is 16.4. The zero-order valence-corrected chi connectivity index (χ0v) is 37.9. The molecule has 0 saturated carbocycles. The Bertz CT molecular complexity index is 969. The molecule has 0 aliphatic heterocycles. The molecule has 0 aromatic heterocycles. The monoisotopic (exact) mass is 801 g/mol. The van der Waals surface area contributed by atoms with Crippen LogP contribution in [0.4, 0.5) is 0 Å². The van der Waals surface area contributed by atoms with Gasteiger partial charge in [-0.3, -0.25) is 14.4 Å². The summed E-state index contributed by atoms with van der Waals surface area (Å²) in [5.41, 5.74) is 0. The maximum Gasteiger partial charge on any atom is 0.306 e. The molecule has 0 amide bonds. The molecule has 1 atom stereocenters. The predicted octanol–water partition coefficient (Wildman–Crippen LogP) is 15.8. The van der Waals surface area contributed by atoms with E-state index >= 15 is 0 Å². The summed E-state index contributed by atoms with van der Waals surface area (Å²) in [5, 5.41) is 0. The number of hydrogen-bond acceptors (Lipinski definition) is 6. The van der Waals surface area contributed by atoms with Gasteiger partial charge in [-0.05, 0) is 77.0 Å². The van der Waals surface area contributed by atoms with Crippen molar-refractivity contribution in [1.29, 1.82) is 0 Å². The van der Waals surface area contributed by atoms with Crippen LogP contribution in [0.1, 0.15) is 252 Å². The van der Waals surface area contributed by atoms with Crippen molar-refractivity contribution in [3.05, 3.63) is 36.5 Å². The first-order valence-corrected chi connectivity index (χ1v) is 24.5. The fourth-order valence-corrected chi connectivity index (χ4v) is 6.88. The molecule has 0 N–H and O–H groups in total. The molecule has 6 heteroatoms. The Labute approximate surface area is 353 Å². The zero-order chi connectivity index (χ0) is 41.5. The molecule has 0 aromatic rings. The van der Waals surface area contributed by atoms with Crippen LogP contribution >= 0.6 is 0 Å². The van der Waals surface area contributed by atoms with Crippen LogP contribution in [0.5, 0.6) is 0 Å². The Morgan fingerprint density at radius 3 is 1.02 bits per heavy atom. The minimum absolute atomic E-state index is 0.0759. The summed E-state index contributed by atoms with van der Waals surface area (Å²) < 4.78 is 16.7. The molecule has 0 saturated heterocycles. The van der Waals surface area contributed by atoms with E-state index in [1.54, 1.807) is 0 Å². The van der Waals surface area contributed by atoms with Gasteiger partial charge in [-0.1, -0.05) is 192 Å². The lowest BCUT2D eigenvalue weighted by Gasteiger charge is -2.18. The normalized spacial score (nSPS) is 12.3. The highest BCUT2D eigenvalue weighted by Gasteiger charge is 2.19. The number of hydrogen-bond donors (Lipinski definition) is 0. The summed E-state index contributed by atoms with van der Waals surface area (Å²) in [6.07, 6.45) is 52.6. The van der Waals surface area contributed by atoms with Gasteiger partial charge in [-0.2, -0.15) is 0 Å². The molecule has 0 rings (SSSR count). The predicted molar refractivity (Wildman–Crippen MR) is 242 cm³/mol. The number of rotatable bonds is 44.